The fourth-order valence-corrected chi connectivity index (χ4v) is 1.80. The highest BCUT2D eigenvalue weighted by molar-refractivity contribution is 5.77. The summed E-state index contributed by atoms with van der Waals surface area (Å²) in [5.41, 5.74) is 1.20. The van der Waals surface area contributed by atoms with Gasteiger partial charge in [-0.25, -0.2) is 0 Å². The van der Waals surface area contributed by atoms with Gasteiger partial charge in [0.1, 0.15) is 0 Å². The van der Waals surface area contributed by atoms with Crippen molar-refractivity contribution in [3.05, 3.63) is 35.9 Å². The van der Waals surface area contributed by atoms with Gasteiger partial charge in [-0.05, 0) is 18.4 Å². The molecule has 1 aromatic carbocycles. The summed E-state index contributed by atoms with van der Waals surface area (Å²) in [6, 6.07) is 10.1. The lowest BCUT2D eigenvalue weighted by Gasteiger charge is -2.15. The molecular formula is C14H21NO2. The van der Waals surface area contributed by atoms with E-state index in [1.807, 2.05) is 25.1 Å². The summed E-state index contributed by atoms with van der Waals surface area (Å²) < 4.78 is 4.98. The van der Waals surface area contributed by atoms with Crippen molar-refractivity contribution in [3.63, 3.8) is 0 Å². The van der Waals surface area contributed by atoms with Gasteiger partial charge in [0.25, 0.3) is 0 Å². The molecule has 0 heterocycles. The lowest BCUT2D eigenvalue weighted by atomic mass is 9.97. The maximum atomic E-state index is 11.7. The Labute approximate surface area is 103 Å². The van der Waals surface area contributed by atoms with Gasteiger partial charge in [-0.1, -0.05) is 37.3 Å². The summed E-state index contributed by atoms with van der Waals surface area (Å²) in [5, 5.41) is 2.92. The van der Waals surface area contributed by atoms with Gasteiger partial charge >= 0.3 is 0 Å². The van der Waals surface area contributed by atoms with Crippen molar-refractivity contribution in [3.8, 4) is 0 Å². The SMILES string of the molecule is COCC(C)NC(=O)CC(C)c1ccccc1. The highest BCUT2D eigenvalue weighted by atomic mass is 16.5. The second-order valence-electron chi connectivity index (χ2n) is 4.44. The van der Waals surface area contributed by atoms with Gasteiger partial charge in [0.15, 0.2) is 0 Å². The number of benzene rings is 1. The van der Waals surface area contributed by atoms with E-state index in [1.165, 1.54) is 5.56 Å². The Hall–Kier alpha value is -1.35. The first kappa shape index (κ1) is 13.7. The van der Waals surface area contributed by atoms with Gasteiger partial charge in [0, 0.05) is 19.6 Å². The van der Waals surface area contributed by atoms with Crippen molar-refractivity contribution in [1.29, 1.82) is 0 Å². The molecule has 2 unspecified atom stereocenters. The number of methoxy groups -OCH3 is 1. The van der Waals surface area contributed by atoms with E-state index in [2.05, 4.69) is 24.4 Å². The summed E-state index contributed by atoms with van der Waals surface area (Å²) in [7, 11) is 1.63. The minimum atomic E-state index is 0.0653. The number of hydrogen-bond donors (Lipinski definition) is 1. The first-order valence-corrected chi connectivity index (χ1v) is 5.96. The van der Waals surface area contributed by atoms with Gasteiger partial charge in [-0.15, -0.1) is 0 Å². The number of rotatable bonds is 6. The standard InChI is InChI=1S/C14H21NO2/c1-11(13-7-5-4-6-8-13)9-14(16)15-12(2)10-17-3/h4-8,11-12H,9-10H2,1-3H3,(H,15,16). The van der Waals surface area contributed by atoms with Crippen LogP contribution in [0.2, 0.25) is 0 Å². The van der Waals surface area contributed by atoms with Crippen LogP contribution in [0.1, 0.15) is 31.7 Å². The highest BCUT2D eigenvalue weighted by Crippen LogP contribution is 2.18. The highest BCUT2D eigenvalue weighted by Gasteiger charge is 2.12. The number of nitrogens with one attached hydrogen (secondary N) is 1. The molecule has 1 aromatic rings. The molecule has 0 aliphatic rings. The Morgan fingerprint density at radius 2 is 1.94 bits per heavy atom. The molecule has 1 amide bonds. The second-order valence-corrected chi connectivity index (χ2v) is 4.44. The number of carbonyl (C=O) groups is 1. The smallest absolute Gasteiger partial charge is 0.220 e. The number of carbonyl (C=O) groups excluding carboxylic acids is 1. The van der Waals surface area contributed by atoms with Gasteiger partial charge in [0.05, 0.1) is 6.61 Å². The first-order valence-electron chi connectivity index (χ1n) is 5.96. The van der Waals surface area contributed by atoms with Crippen LogP contribution in [0.5, 0.6) is 0 Å². The molecule has 1 rings (SSSR count). The van der Waals surface area contributed by atoms with Gasteiger partial charge in [-0.3, -0.25) is 4.79 Å². The molecule has 0 bridgehead atoms. The van der Waals surface area contributed by atoms with E-state index < -0.39 is 0 Å². The molecule has 1 N–H and O–H groups in total. The molecule has 94 valence electrons. The number of amides is 1. The van der Waals surface area contributed by atoms with Crippen LogP contribution in [0.3, 0.4) is 0 Å². The first-order chi connectivity index (χ1) is 8.13. The zero-order valence-corrected chi connectivity index (χ0v) is 10.8. The summed E-state index contributed by atoms with van der Waals surface area (Å²) in [6.45, 7) is 4.55. The predicted molar refractivity (Wildman–Crippen MR) is 69.0 cm³/mol. The molecule has 17 heavy (non-hydrogen) atoms. The van der Waals surface area contributed by atoms with Gasteiger partial charge in [-0.2, -0.15) is 0 Å². The maximum absolute atomic E-state index is 11.7. The van der Waals surface area contributed by atoms with Crippen LogP contribution < -0.4 is 5.32 Å². The lowest BCUT2D eigenvalue weighted by molar-refractivity contribution is -0.122. The molecule has 0 aromatic heterocycles. The van der Waals surface area contributed by atoms with Crippen molar-refractivity contribution in [2.24, 2.45) is 0 Å². The topological polar surface area (TPSA) is 38.3 Å². The summed E-state index contributed by atoms with van der Waals surface area (Å²) in [4.78, 5) is 11.7. The fourth-order valence-electron chi connectivity index (χ4n) is 1.80. The average Bonchev–Trinajstić information content (AvgIpc) is 2.30. The van der Waals surface area contributed by atoms with Crippen LogP contribution >= 0.6 is 0 Å². The third-order valence-electron chi connectivity index (χ3n) is 2.68. The summed E-state index contributed by atoms with van der Waals surface area (Å²) >= 11 is 0. The molecule has 0 radical (unpaired) electrons. The Balaban J connectivity index is 2.41. The Morgan fingerprint density at radius 3 is 2.53 bits per heavy atom. The van der Waals surface area contributed by atoms with E-state index in [-0.39, 0.29) is 17.9 Å². The van der Waals surface area contributed by atoms with Crippen molar-refractivity contribution in [2.45, 2.75) is 32.2 Å². The Kier molecular flexibility index (Phi) is 5.70. The van der Waals surface area contributed by atoms with Crippen molar-refractivity contribution >= 4 is 5.91 Å². The van der Waals surface area contributed by atoms with Crippen LogP contribution in [0.15, 0.2) is 30.3 Å². The van der Waals surface area contributed by atoms with Gasteiger partial charge in [0.2, 0.25) is 5.91 Å². The third-order valence-corrected chi connectivity index (χ3v) is 2.68. The zero-order chi connectivity index (χ0) is 12.7. The third kappa shape index (κ3) is 5.00. The molecule has 0 saturated heterocycles. The van der Waals surface area contributed by atoms with Crippen LogP contribution in [0.25, 0.3) is 0 Å². The molecule has 3 heteroatoms. The molecule has 0 spiro atoms. The molecule has 0 fully saturated rings. The predicted octanol–water partition coefficient (Wildman–Crippen LogP) is 2.33. The molecule has 2 atom stereocenters. The van der Waals surface area contributed by atoms with Crippen molar-refractivity contribution in [1.82, 2.24) is 5.32 Å². The quantitative estimate of drug-likeness (QED) is 0.822. The zero-order valence-electron chi connectivity index (χ0n) is 10.8. The Morgan fingerprint density at radius 1 is 1.29 bits per heavy atom. The second kappa shape index (κ2) is 7.07. The van der Waals surface area contributed by atoms with E-state index in [1.54, 1.807) is 7.11 Å². The normalized spacial score (nSPS) is 14.1. The van der Waals surface area contributed by atoms with E-state index in [4.69, 9.17) is 4.74 Å². The van der Waals surface area contributed by atoms with Crippen LogP contribution in [-0.4, -0.2) is 25.7 Å². The molecule has 0 aliphatic heterocycles. The Bertz CT molecular complexity index is 337. The lowest BCUT2D eigenvalue weighted by Crippen LogP contribution is -2.36. The van der Waals surface area contributed by atoms with E-state index >= 15 is 0 Å². The molecule has 0 aliphatic carbocycles. The minimum absolute atomic E-state index is 0.0653. The van der Waals surface area contributed by atoms with E-state index in [0.29, 0.717) is 13.0 Å². The monoisotopic (exact) mass is 235 g/mol. The minimum Gasteiger partial charge on any atom is -0.383 e. The van der Waals surface area contributed by atoms with Crippen LogP contribution in [0.4, 0.5) is 0 Å². The largest absolute Gasteiger partial charge is 0.383 e. The maximum Gasteiger partial charge on any atom is 0.220 e. The summed E-state index contributed by atoms with van der Waals surface area (Å²) in [6.07, 6.45) is 0.512. The van der Waals surface area contributed by atoms with Crippen LogP contribution in [-0.2, 0) is 9.53 Å². The van der Waals surface area contributed by atoms with Crippen molar-refractivity contribution < 1.29 is 9.53 Å². The fraction of sp³-hybridized carbons (Fsp3) is 0.500. The van der Waals surface area contributed by atoms with E-state index in [9.17, 15) is 4.79 Å². The number of ether oxygens (including phenoxy) is 1. The van der Waals surface area contributed by atoms with E-state index in [0.717, 1.165) is 0 Å². The van der Waals surface area contributed by atoms with Gasteiger partial charge < -0.3 is 10.1 Å². The molecule has 0 saturated carbocycles. The summed E-state index contributed by atoms with van der Waals surface area (Å²) in [5.74, 6) is 0.317. The molecular weight excluding hydrogens is 214 g/mol. The van der Waals surface area contributed by atoms with Crippen molar-refractivity contribution in [2.75, 3.05) is 13.7 Å². The average molecular weight is 235 g/mol. The van der Waals surface area contributed by atoms with Crippen LogP contribution in [0, 0.1) is 0 Å². The molecule has 3 nitrogen and oxygen atoms in total. The number of hydrogen-bond acceptors (Lipinski definition) is 2.